The van der Waals surface area contributed by atoms with Crippen LogP contribution >= 0.6 is 0 Å². The number of ether oxygens (including phenoxy) is 2. The summed E-state index contributed by atoms with van der Waals surface area (Å²) in [4.78, 5) is 15.0. The monoisotopic (exact) mass is 316 g/mol. The predicted molar refractivity (Wildman–Crippen MR) is 86.4 cm³/mol. The lowest BCUT2D eigenvalue weighted by Crippen LogP contribution is -2.21. The molecule has 120 valence electrons. The number of halogens is 1. The minimum atomic E-state index is -0.688. The highest BCUT2D eigenvalue weighted by Gasteiger charge is 2.11. The van der Waals surface area contributed by atoms with Crippen LogP contribution in [0.1, 0.15) is 16.8 Å². The molecule has 0 bridgehead atoms. The molecule has 0 unspecified atom stereocenters. The number of nitrogens with two attached hydrogens (primary N) is 1. The number of carbonyl (C=O) groups is 1. The highest BCUT2D eigenvalue weighted by atomic mass is 19.1. The van der Waals surface area contributed by atoms with Crippen molar-refractivity contribution < 1.29 is 18.7 Å². The van der Waals surface area contributed by atoms with Gasteiger partial charge in [0.2, 0.25) is 0 Å². The van der Waals surface area contributed by atoms with Crippen LogP contribution in [0.3, 0.4) is 0 Å². The van der Waals surface area contributed by atoms with E-state index >= 15 is 0 Å². The van der Waals surface area contributed by atoms with Crippen molar-refractivity contribution in [1.29, 1.82) is 0 Å². The van der Waals surface area contributed by atoms with E-state index in [0.717, 1.165) is 18.2 Å². The van der Waals surface area contributed by atoms with Gasteiger partial charge >= 0.3 is 0 Å². The molecule has 0 fully saturated rings. The third-order valence-electron chi connectivity index (χ3n) is 3.04. The smallest absolute Gasteiger partial charge is 0.164 e. The van der Waals surface area contributed by atoms with Crippen LogP contribution in [0.25, 0.3) is 0 Å². The van der Waals surface area contributed by atoms with E-state index in [-0.39, 0.29) is 29.5 Å². The fourth-order valence-electron chi connectivity index (χ4n) is 1.91. The molecule has 6 heteroatoms. The first-order valence-corrected chi connectivity index (χ1v) is 6.96. The lowest BCUT2D eigenvalue weighted by atomic mass is 10.2. The Balaban J connectivity index is 2.09. The lowest BCUT2D eigenvalue weighted by molar-refractivity contribution is 0.111. The zero-order valence-corrected chi connectivity index (χ0v) is 12.7. The number of hydrogen-bond donors (Lipinski definition) is 1. The Morgan fingerprint density at radius 3 is 2.96 bits per heavy atom. The molecule has 0 heterocycles. The second-order valence-corrected chi connectivity index (χ2v) is 4.69. The molecule has 0 spiro atoms. The first-order chi connectivity index (χ1) is 11.1. The first kappa shape index (κ1) is 16.5. The van der Waals surface area contributed by atoms with E-state index in [1.165, 1.54) is 13.2 Å². The van der Waals surface area contributed by atoms with Crippen molar-refractivity contribution in [3.63, 3.8) is 0 Å². The van der Waals surface area contributed by atoms with Crippen LogP contribution in [0, 0.1) is 5.82 Å². The van der Waals surface area contributed by atoms with Crippen molar-refractivity contribution in [2.75, 3.05) is 13.7 Å². The molecule has 23 heavy (non-hydrogen) atoms. The summed E-state index contributed by atoms with van der Waals surface area (Å²) < 4.78 is 24.2. The predicted octanol–water partition coefficient (Wildman–Crippen LogP) is 2.78. The Hall–Kier alpha value is -2.89. The molecular formula is C17H17FN2O3. The van der Waals surface area contributed by atoms with Gasteiger partial charge in [0.15, 0.2) is 17.8 Å². The fourth-order valence-corrected chi connectivity index (χ4v) is 1.91. The van der Waals surface area contributed by atoms with Gasteiger partial charge in [0.1, 0.15) is 18.3 Å². The number of allylic oxidation sites excluding steroid dienone is 5. The summed E-state index contributed by atoms with van der Waals surface area (Å²) in [5.41, 5.74) is 6.46. The van der Waals surface area contributed by atoms with Gasteiger partial charge in [0, 0.05) is 6.07 Å². The third kappa shape index (κ3) is 4.54. The third-order valence-corrected chi connectivity index (χ3v) is 3.04. The molecule has 0 amide bonds. The number of rotatable bonds is 6. The van der Waals surface area contributed by atoms with Gasteiger partial charge in [-0.2, -0.15) is 0 Å². The van der Waals surface area contributed by atoms with E-state index in [1.54, 1.807) is 0 Å². The second kappa shape index (κ2) is 7.93. The molecule has 0 atom stereocenters. The van der Waals surface area contributed by atoms with Gasteiger partial charge in [-0.1, -0.05) is 24.3 Å². The second-order valence-electron chi connectivity index (χ2n) is 4.69. The Kier molecular flexibility index (Phi) is 5.68. The highest BCUT2D eigenvalue weighted by molar-refractivity contribution is 5.83. The number of methoxy groups -OCH3 is 1. The van der Waals surface area contributed by atoms with Crippen LogP contribution in [0.4, 0.5) is 4.39 Å². The number of aldehydes is 1. The Morgan fingerprint density at radius 2 is 2.22 bits per heavy atom. The molecule has 5 nitrogen and oxygen atoms in total. The normalized spacial score (nSPS) is 14.2. The van der Waals surface area contributed by atoms with Crippen molar-refractivity contribution in [2.24, 2.45) is 10.7 Å². The maximum atomic E-state index is 13.7. The SMILES string of the molecule is COc1cc(C=O)c(F)cc1OCC(N)=NC1=CCC=CC=C1. The van der Waals surface area contributed by atoms with E-state index in [9.17, 15) is 9.18 Å². The number of hydrogen-bond acceptors (Lipinski definition) is 4. The van der Waals surface area contributed by atoms with Crippen molar-refractivity contribution in [3.05, 3.63) is 59.6 Å². The summed E-state index contributed by atoms with van der Waals surface area (Å²) >= 11 is 0. The topological polar surface area (TPSA) is 73.9 Å². The minimum absolute atomic E-state index is 0.0329. The largest absolute Gasteiger partial charge is 0.493 e. The maximum Gasteiger partial charge on any atom is 0.164 e. The highest BCUT2D eigenvalue weighted by Crippen LogP contribution is 2.29. The van der Waals surface area contributed by atoms with Crippen molar-refractivity contribution in [2.45, 2.75) is 6.42 Å². The zero-order chi connectivity index (χ0) is 16.7. The molecule has 0 radical (unpaired) electrons. The summed E-state index contributed by atoms with van der Waals surface area (Å²) in [6, 6.07) is 2.36. The summed E-state index contributed by atoms with van der Waals surface area (Å²) in [6.45, 7) is -0.0329. The molecule has 1 aliphatic rings. The molecule has 0 aliphatic heterocycles. The van der Waals surface area contributed by atoms with Crippen LogP contribution in [-0.4, -0.2) is 25.8 Å². The summed E-state index contributed by atoms with van der Waals surface area (Å²) in [7, 11) is 1.40. The minimum Gasteiger partial charge on any atom is -0.493 e. The average Bonchev–Trinajstić information content (AvgIpc) is 2.81. The van der Waals surface area contributed by atoms with Crippen LogP contribution in [-0.2, 0) is 0 Å². The van der Waals surface area contributed by atoms with Gasteiger partial charge in [-0.3, -0.25) is 4.79 Å². The van der Waals surface area contributed by atoms with Gasteiger partial charge in [-0.25, -0.2) is 9.38 Å². The molecule has 2 rings (SSSR count). The van der Waals surface area contributed by atoms with E-state index in [2.05, 4.69) is 4.99 Å². The molecule has 0 saturated heterocycles. The van der Waals surface area contributed by atoms with E-state index in [1.807, 2.05) is 30.4 Å². The lowest BCUT2D eigenvalue weighted by Gasteiger charge is -2.11. The molecular weight excluding hydrogens is 299 g/mol. The quantitative estimate of drug-likeness (QED) is 0.497. The van der Waals surface area contributed by atoms with Crippen LogP contribution < -0.4 is 15.2 Å². The van der Waals surface area contributed by atoms with Crippen molar-refractivity contribution in [1.82, 2.24) is 0 Å². The summed E-state index contributed by atoms with van der Waals surface area (Å²) in [5.74, 6) is -0.0450. The van der Waals surface area contributed by atoms with Crippen molar-refractivity contribution >= 4 is 12.1 Å². The summed E-state index contributed by atoms with van der Waals surface area (Å²) in [6.07, 6.45) is 10.7. The average molecular weight is 316 g/mol. The number of nitrogens with zero attached hydrogens (tertiary/aromatic N) is 1. The van der Waals surface area contributed by atoms with E-state index in [0.29, 0.717) is 6.29 Å². The summed E-state index contributed by atoms with van der Waals surface area (Å²) in [5, 5.41) is 0. The van der Waals surface area contributed by atoms with Gasteiger partial charge in [-0.05, 0) is 18.6 Å². The van der Waals surface area contributed by atoms with Gasteiger partial charge in [0.25, 0.3) is 0 Å². The molecule has 1 aliphatic carbocycles. The standard InChI is InChI=1S/C17H17FN2O3/c1-22-15-8-12(10-21)14(18)9-16(15)23-11-17(19)20-13-6-4-2-3-5-7-13/h2-4,6-10H,5,11H2,1H3,(H2,19,20). The van der Waals surface area contributed by atoms with Crippen LogP contribution in [0.5, 0.6) is 11.5 Å². The van der Waals surface area contributed by atoms with E-state index in [4.69, 9.17) is 15.2 Å². The Morgan fingerprint density at radius 1 is 1.39 bits per heavy atom. The number of aliphatic imine (C=N–C) groups is 1. The molecule has 1 aromatic rings. The van der Waals surface area contributed by atoms with Crippen LogP contribution in [0.15, 0.2) is 53.2 Å². The fraction of sp³-hybridized carbons (Fsp3) is 0.176. The molecule has 1 aromatic carbocycles. The van der Waals surface area contributed by atoms with Gasteiger partial charge in [0.05, 0.1) is 18.4 Å². The number of carbonyl (C=O) groups excluding carboxylic acids is 1. The zero-order valence-electron chi connectivity index (χ0n) is 12.7. The van der Waals surface area contributed by atoms with Crippen LogP contribution in [0.2, 0.25) is 0 Å². The Bertz CT molecular complexity index is 706. The van der Waals surface area contributed by atoms with E-state index < -0.39 is 5.82 Å². The molecule has 0 aromatic heterocycles. The number of amidine groups is 1. The van der Waals surface area contributed by atoms with Crippen molar-refractivity contribution in [3.8, 4) is 11.5 Å². The first-order valence-electron chi connectivity index (χ1n) is 6.96. The maximum absolute atomic E-state index is 13.7. The molecule has 0 saturated carbocycles. The van der Waals surface area contributed by atoms with Gasteiger partial charge in [-0.15, -0.1) is 0 Å². The number of benzene rings is 1. The molecule has 2 N–H and O–H groups in total. The van der Waals surface area contributed by atoms with Gasteiger partial charge < -0.3 is 15.2 Å². The Labute approximate surface area is 133 Å².